The van der Waals surface area contributed by atoms with Gasteiger partial charge in [0, 0.05) is 6.08 Å². The second kappa shape index (κ2) is 5.69. The first-order chi connectivity index (χ1) is 8.42. The lowest BCUT2D eigenvalue weighted by atomic mass is 9.92. The number of rotatable bonds is 4. The van der Waals surface area contributed by atoms with E-state index in [2.05, 4.69) is 0 Å². The molecule has 1 aromatic rings. The van der Waals surface area contributed by atoms with E-state index in [1.807, 2.05) is 26.8 Å². The molecular weight excluding hydrogens is 232 g/mol. The van der Waals surface area contributed by atoms with Gasteiger partial charge in [-0.3, -0.25) is 0 Å². The molecule has 0 radical (unpaired) electrons. The fraction of sp³-hybridized carbons (Fsp3) is 0.357. The fourth-order valence-electron chi connectivity index (χ4n) is 2.10. The lowest BCUT2D eigenvalue weighted by molar-refractivity contribution is -0.131. The van der Waals surface area contributed by atoms with E-state index < -0.39 is 5.97 Å². The van der Waals surface area contributed by atoms with Crippen LogP contribution in [0.25, 0.3) is 5.57 Å². The number of carbonyl (C=O) groups is 1. The van der Waals surface area contributed by atoms with E-state index in [-0.39, 0.29) is 6.61 Å². The highest BCUT2D eigenvalue weighted by atomic mass is 16.5. The van der Waals surface area contributed by atoms with Gasteiger partial charge < -0.3 is 14.9 Å². The van der Waals surface area contributed by atoms with Gasteiger partial charge in [0.25, 0.3) is 0 Å². The zero-order valence-corrected chi connectivity index (χ0v) is 11.1. The van der Waals surface area contributed by atoms with E-state index in [9.17, 15) is 9.90 Å². The normalized spacial score (nSPS) is 11.5. The number of benzene rings is 1. The standard InChI is InChI=1S/C14H18O4/c1-8-5-12(18-4)9(2)10(3)14(8)11(7-15)6-13(16)17/h5-6,15H,7H2,1-4H3,(H,16,17)/b11-6+. The molecule has 0 aliphatic heterocycles. The molecule has 0 saturated heterocycles. The molecule has 0 aromatic heterocycles. The molecule has 18 heavy (non-hydrogen) atoms. The Hall–Kier alpha value is -1.81. The molecule has 98 valence electrons. The number of methoxy groups -OCH3 is 1. The number of carboxylic acids is 1. The maximum absolute atomic E-state index is 10.8. The van der Waals surface area contributed by atoms with E-state index in [1.165, 1.54) is 0 Å². The lowest BCUT2D eigenvalue weighted by Gasteiger charge is -2.17. The maximum Gasteiger partial charge on any atom is 0.328 e. The van der Waals surface area contributed by atoms with Gasteiger partial charge >= 0.3 is 5.97 Å². The van der Waals surface area contributed by atoms with Crippen molar-refractivity contribution in [1.29, 1.82) is 0 Å². The summed E-state index contributed by atoms with van der Waals surface area (Å²) in [6, 6.07) is 1.85. The van der Waals surface area contributed by atoms with Crippen molar-refractivity contribution in [3.63, 3.8) is 0 Å². The molecule has 0 atom stereocenters. The number of hydrogen-bond donors (Lipinski definition) is 2. The molecule has 0 heterocycles. The zero-order valence-electron chi connectivity index (χ0n) is 11.1. The second-order valence-electron chi connectivity index (χ2n) is 4.19. The van der Waals surface area contributed by atoms with Crippen LogP contribution in [0.15, 0.2) is 12.1 Å². The Balaban J connectivity index is 3.50. The molecule has 2 N–H and O–H groups in total. The molecule has 0 spiro atoms. The first-order valence-corrected chi connectivity index (χ1v) is 5.61. The third-order valence-electron chi connectivity index (χ3n) is 3.06. The number of aliphatic hydroxyl groups excluding tert-OH is 1. The van der Waals surface area contributed by atoms with Gasteiger partial charge in [0.15, 0.2) is 0 Å². The van der Waals surface area contributed by atoms with Crippen LogP contribution in [0, 0.1) is 20.8 Å². The summed E-state index contributed by atoms with van der Waals surface area (Å²) in [5.74, 6) is -0.298. The van der Waals surface area contributed by atoms with Gasteiger partial charge in [-0.1, -0.05) is 0 Å². The minimum absolute atomic E-state index is 0.306. The Kier molecular flexibility index (Phi) is 4.50. The third-order valence-corrected chi connectivity index (χ3v) is 3.06. The summed E-state index contributed by atoms with van der Waals surface area (Å²) in [6.45, 7) is 5.37. The number of ether oxygens (including phenoxy) is 1. The van der Waals surface area contributed by atoms with Crippen molar-refractivity contribution in [2.45, 2.75) is 20.8 Å². The summed E-state index contributed by atoms with van der Waals surface area (Å²) < 4.78 is 5.26. The second-order valence-corrected chi connectivity index (χ2v) is 4.19. The average Bonchev–Trinajstić information content (AvgIpc) is 2.32. The van der Waals surface area contributed by atoms with Crippen LogP contribution in [0.5, 0.6) is 5.75 Å². The highest BCUT2D eigenvalue weighted by Crippen LogP contribution is 2.31. The summed E-state index contributed by atoms with van der Waals surface area (Å²) in [6.07, 6.45) is 1.04. The summed E-state index contributed by atoms with van der Waals surface area (Å²) in [5.41, 5.74) is 3.94. The van der Waals surface area contributed by atoms with Crippen LogP contribution in [0.4, 0.5) is 0 Å². The molecule has 1 rings (SSSR count). The van der Waals surface area contributed by atoms with Gasteiger partial charge in [0.1, 0.15) is 5.75 Å². The minimum atomic E-state index is -1.06. The molecule has 0 aliphatic carbocycles. The van der Waals surface area contributed by atoms with E-state index in [0.717, 1.165) is 34.1 Å². The van der Waals surface area contributed by atoms with E-state index in [0.29, 0.717) is 5.57 Å². The van der Waals surface area contributed by atoms with Crippen LogP contribution >= 0.6 is 0 Å². The highest BCUT2D eigenvalue weighted by Gasteiger charge is 2.14. The largest absolute Gasteiger partial charge is 0.496 e. The Morgan fingerprint density at radius 3 is 2.39 bits per heavy atom. The van der Waals surface area contributed by atoms with E-state index in [4.69, 9.17) is 9.84 Å². The molecule has 0 aliphatic rings. The summed E-state index contributed by atoms with van der Waals surface area (Å²) >= 11 is 0. The van der Waals surface area contributed by atoms with Gasteiger partial charge in [0.2, 0.25) is 0 Å². The molecular formula is C14H18O4. The minimum Gasteiger partial charge on any atom is -0.496 e. The molecule has 0 bridgehead atoms. The van der Waals surface area contributed by atoms with Crippen LogP contribution in [0.1, 0.15) is 22.3 Å². The predicted molar refractivity (Wildman–Crippen MR) is 69.9 cm³/mol. The van der Waals surface area contributed by atoms with Gasteiger partial charge in [0.05, 0.1) is 13.7 Å². The van der Waals surface area contributed by atoms with Crippen molar-refractivity contribution in [2.75, 3.05) is 13.7 Å². The molecule has 0 fully saturated rings. The SMILES string of the molecule is COc1cc(C)c(/C(=C/C(=O)O)CO)c(C)c1C. The number of aliphatic carboxylic acids is 1. The van der Waals surface area contributed by atoms with Gasteiger partial charge in [-0.05, 0) is 54.7 Å². The van der Waals surface area contributed by atoms with Crippen molar-refractivity contribution in [1.82, 2.24) is 0 Å². The smallest absolute Gasteiger partial charge is 0.328 e. The van der Waals surface area contributed by atoms with Gasteiger partial charge in [-0.25, -0.2) is 4.79 Å². The summed E-state index contributed by atoms with van der Waals surface area (Å²) in [7, 11) is 1.60. The number of carboxylic acid groups (broad SMARTS) is 1. The van der Waals surface area contributed by atoms with Crippen LogP contribution in [-0.4, -0.2) is 29.9 Å². The predicted octanol–water partition coefficient (Wildman–Crippen LogP) is 2.08. The summed E-state index contributed by atoms with van der Waals surface area (Å²) in [4.78, 5) is 10.8. The van der Waals surface area contributed by atoms with E-state index in [1.54, 1.807) is 7.11 Å². The Labute approximate surface area is 107 Å². The maximum atomic E-state index is 10.8. The molecule has 4 heteroatoms. The van der Waals surface area contributed by atoms with Crippen LogP contribution in [0.3, 0.4) is 0 Å². The summed E-state index contributed by atoms with van der Waals surface area (Å²) in [5, 5.41) is 18.1. The van der Waals surface area contributed by atoms with Crippen molar-refractivity contribution >= 4 is 11.5 Å². The van der Waals surface area contributed by atoms with Gasteiger partial charge in [-0.2, -0.15) is 0 Å². The van der Waals surface area contributed by atoms with Gasteiger partial charge in [-0.15, -0.1) is 0 Å². The first-order valence-electron chi connectivity index (χ1n) is 5.61. The van der Waals surface area contributed by atoms with Crippen LogP contribution in [-0.2, 0) is 4.79 Å². The van der Waals surface area contributed by atoms with E-state index >= 15 is 0 Å². The topological polar surface area (TPSA) is 66.8 Å². The Morgan fingerprint density at radius 2 is 1.94 bits per heavy atom. The number of aryl methyl sites for hydroxylation is 1. The average molecular weight is 250 g/mol. The first kappa shape index (κ1) is 14.3. The van der Waals surface area contributed by atoms with Crippen molar-refractivity contribution < 1.29 is 19.7 Å². The Morgan fingerprint density at radius 1 is 1.33 bits per heavy atom. The number of hydrogen-bond acceptors (Lipinski definition) is 3. The van der Waals surface area contributed by atoms with Crippen LogP contribution in [0.2, 0.25) is 0 Å². The quantitative estimate of drug-likeness (QED) is 0.803. The van der Waals surface area contributed by atoms with Crippen LogP contribution < -0.4 is 4.74 Å². The molecule has 1 aromatic carbocycles. The zero-order chi connectivity index (χ0) is 13.9. The highest BCUT2D eigenvalue weighted by molar-refractivity contribution is 5.91. The molecule has 0 unspecified atom stereocenters. The molecule has 4 nitrogen and oxygen atoms in total. The fourth-order valence-corrected chi connectivity index (χ4v) is 2.10. The number of aliphatic hydroxyl groups is 1. The molecule has 0 saturated carbocycles. The third kappa shape index (κ3) is 2.71. The van der Waals surface area contributed by atoms with Crippen molar-refractivity contribution in [3.8, 4) is 5.75 Å². The Bertz CT molecular complexity index is 501. The lowest BCUT2D eigenvalue weighted by Crippen LogP contribution is -2.03. The monoisotopic (exact) mass is 250 g/mol. The van der Waals surface area contributed by atoms with Crippen molar-refractivity contribution in [3.05, 3.63) is 34.4 Å². The molecule has 0 amide bonds. The van der Waals surface area contributed by atoms with Crippen molar-refractivity contribution in [2.24, 2.45) is 0 Å².